The number of hydrogen-bond donors (Lipinski definition) is 1. The minimum atomic E-state index is -3.29. The zero-order valence-corrected chi connectivity index (χ0v) is 14.4. The summed E-state index contributed by atoms with van der Waals surface area (Å²) < 4.78 is 25.9. The van der Waals surface area contributed by atoms with E-state index in [4.69, 9.17) is 0 Å². The molecule has 2 heterocycles. The van der Waals surface area contributed by atoms with Gasteiger partial charge >= 0.3 is 0 Å². The lowest BCUT2D eigenvalue weighted by Crippen LogP contribution is -2.50. The lowest BCUT2D eigenvalue weighted by Gasteiger charge is -2.30. The summed E-state index contributed by atoms with van der Waals surface area (Å²) >= 11 is 0. The molecular weight excluding hydrogens is 314 g/mol. The summed E-state index contributed by atoms with van der Waals surface area (Å²) in [6.45, 7) is 4.05. The zero-order chi connectivity index (χ0) is 14.8. The van der Waals surface area contributed by atoms with Crippen LogP contribution in [0.1, 0.15) is 32.6 Å². The molecule has 2 rings (SSSR count). The van der Waals surface area contributed by atoms with Crippen molar-refractivity contribution in [1.82, 2.24) is 14.5 Å². The van der Waals surface area contributed by atoms with Crippen molar-refractivity contribution in [2.24, 2.45) is 0 Å². The second kappa shape index (κ2) is 7.76. The third-order valence-corrected chi connectivity index (χ3v) is 6.31. The van der Waals surface area contributed by atoms with E-state index in [1.807, 2.05) is 6.92 Å². The van der Waals surface area contributed by atoms with E-state index < -0.39 is 16.1 Å². The molecule has 8 heteroatoms. The lowest BCUT2D eigenvalue weighted by molar-refractivity contribution is -0.135. The highest BCUT2D eigenvalue weighted by Gasteiger charge is 2.40. The van der Waals surface area contributed by atoms with Crippen LogP contribution < -0.4 is 5.32 Å². The molecule has 2 atom stereocenters. The Morgan fingerprint density at radius 3 is 2.67 bits per heavy atom. The summed E-state index contributed by atoms with van der Waals surface area (Å²) in [5.74, 6) is 0.0850. The Balaban J connectivity index is 0.00000220. The van der Waals surface area contributed by atoms with Gasteiger partial charge in [0.2, 0.25) is 15.9 Å². The van der Waals surface area contributed by atoms with Gasteiger partial charge in [-0.3, -0.25) is 4.79 Å². The lowest BCUT2D eigenvalue weighted by atomic mass is 10.1. The summed E-state index contributed by atoms with van der Waals surface area (Å²) in [5, 5.41) is 3.23. The number of nitrogens with zero attached hydrogens (tertiary/aromatic N) is 2. The van der Waals surface area contributed by atoms with Crippen LogP contribution in [0.15, 0.2) is 0 Å². The van der Waals surface area contributed by atoms with Crippen molar-refractivity contribution in [1.29, 1.82) is 0 Å². The summed E-state index contributed by atoms with van der Waals surface area (Å²) in [6.07, 6.45) is 2.95. The summed E-state index contributed by atoms with van der Waals surface area (Å²) in [4.78, 5) is 14.3. The molecule has 2 aliphatic heterocycles. The third kappa shape index (κ3) is 4.09. The smallest absolute Gasteiger partial charge is 0.241 e. The predicted molar refractivity (Wildman–Crippen MR) is 85.1 cm³/mol. The van der Waals surface area contributed by atoms with E-state index in [2.05, 4.69) is 5.32 Å². The molecule has 2 saturated heterocycles. The van der Waals surface area contributed by atoms with Crippen LogP contribution in [-0.4, -0.2) is 68.0 Å². The molecule has 2 unspecified atom stereocenters. The van der Waals surface area contributed by atoms with Gasteiger partial charge < -0.3 is 10.2 Å². The van der Waals surface area contributed by atoms with Crippen LogP contribution in [0.4, 0.5) is 0 Å². The van der Waals surface area contributed by atoms with Gasteiger partial charge in [0.25, 0.3) is 0 Å². The van der Waals surface area contributed by atoms with Gasteiger partial charge in [-0.15, -0.1) is 12.4 Å². The molecule has 21 heavy (non-hydrogen) atoms. The number of sulfonamides is 1. The number of rotatable bonds is 5. The summed E-state index contributed by atoms with van der Waals surface area (Å²) in [5.41, 5.74) is 0. The standard InChI is InChI=1S/C13H25N3O3S.ClH/c1-3-9-20(18,19)16-8-4-5-12(16)13(17)15(2)11-6-7-14-10-11;/h11-12,14H,3-10H2,1-2H3;1H. The minimum Gasteiger partial charge on any atom is -0.340 e. The monoisotopic (exact) mass is 339 g/mol. The molecule has 124 valence electrons. The second-order valence-electron chi connectivity index (χ2n) is 5.68. The number of likely N-dealkylation sites (N-methyl/N-ethyl adjacent to an activating group) is 1. The van der Waals surface area contributed by atoms with E-state index in [0.29, 0.717) is 19.4 Å². The van der Waals surface area contributed by atoms with Gasteiger partial charge in [-0.1, -0.05) is 6.92 Å². The highest BCUT2D eigenvalue weighted by atomic mass is 35.5. The molecular formula is C13H26ClN3O3S. The van der Waals surface area contributed by atoms with Crippen LogP contribution in [0.5, 0.6) is 0 Å². The molecule has 0 saturated carbocycles. The zero-order valence-electron chi connectivity index (χ0n) is 12.7. The van der Waals surface area contributed by atoms with Crippen LogP contribution in [0, 0.1) is 0 Å². The summed E-state index contributed by atoms with van der Waals surface area (Å²) in [6, 6.07) is -0.295. The van der Waals surface area contributed by atoms with Crippen LogP contribution in [-0.2, 0) is 14.8 Å². The molecule has 2 aliphatic rings. The topological polar surface area (TPSA) is 69.7 Å². The van der Waals surface area contributed by atoms with E-state index >= 15 is 0 Å². The van der Waals surface area contributed by atoms with E-state index in [9.17, 15) is 13.2 Å². The molecule has 2 fully saturated rings. The predicted octanol–water partition coefficient (Wildman–Crippen LogP) is 0.433. The molecule has 1 amide bonds. The van der Waals surface area contributed by atoms with Crippen molar-refractivity contribution in [3.05, 3.63) is 0 Å². The minimum absolute atomic E-state index is 0. The molecule has 0 aromatic carbocycles. The molecule has 0 radical (unpaired) electrons. The van der Waals surface area contributed by atoms with Crippen LogP contribution >= 0.6 is 12.4 Å². The van der Waals surface area contributed by atoms with Gasteiger partial charge in [0.1, 0.15) is 6.04 Å². The maximum Gasteiger partial charge on any atom is 0.241 e. The molecule has 6 nitrogen and oxygen atoms in total. The number of amides is 1. The fourth-order valence-electron chi connectivity index (χ4n) is 3.08. The SMILES string of the molecule is CCCS(=O)(=O)N1CCCC1C(=O)N(C)C1CCNC1.Cl. The van der Waals surface area contributed by atoms with Gasteiger partial charge in [0.15, 0.2) is 0 Å². The Morgan fingerprint density at radius 2 is 2.10 bits per heavy atom. The quantitative estimate of drug-likeness (QED) is 0.788. The van der Waals surface area contributed by atoms with Gasteiger partial charge in [-0.05, 0) is 32.2 Å². The Bertz CT molecular complexity index is 452. The van der Waals surface area contributed by atoms with Gasteiger partial charge in [-0.25, -0.2) is 8.42 Å². The van der Waals surface area contributed by atoms with Crippen LogP contribution in [0.25, 0.3) is 0 Å². The Hall–Kier alpha value is -0.370. The number of carbonyl (C=O) groups is 1. The van der Waals surface area contributed by atoms with Crippen molar-refractivity contribution in [2.45, 2.75) is 44.7 Å². The van der Waals surface area contributed by atoms with E-state index in [0.717, 1.165) is 25.9 Å². The summed E-state index contributed by atoms with van der Waals surface area (Å²) in [7, 11) is -1.50. The van der Waals surface area contributed by atoms with E-state index in [1.165, 1.54) is 4.31 Å². The number of carbonyl (C=O) groups excluding carboxylic acids is 1. The van der Waals surface area contributed by atoms with Crippen molar-refractivity contribution in [3.63, 3.8) is 0 Å². The molecule has 1 N–H and O–H groups in total. The Labute approximate surface area is 133 Å². The fraction of sp³-hybridized carbons (Fsp3) is 0.923. The first-order valence-electron chi connectivity index (χ1n) is 7.44. The molecule has 0 aromatic rings. The first-order valence-corrected chi connectivity index (χ1v) is 9.05. The largest absolute Gasteiger partial charge is 0.340 e. The van der Waals surface area contributed by atoms with Gasteiger partial charge in [0.05, 0.1) is 5.75 Å². The average Bonchev–Trinajstić information content (AvgIpc) is 3.07. The third-order valence-electron chi connectivity index (χ3n) is 4.24. The molecule has 0 aliphatic carbocycles. The molecule has 0 bridgehead atoms. The average molecular weight is 340 g/mol. The molecule has 0 aromatic heterocycles. The van der Waals surface area contributed by atoms with E-state index in [1.54, 1.807) is 11.9 Å². The number of hydrogen-bond acceptors (Lipinski definition) is 4. The Morgan fingerprint density at radius 1 is 1.38 bits per heavy atom. The number of halogens is 1. The maximum atomic E-state index is 12.6. The first kappa shape index (κ1) is 18.7. The Kier molecular flexibility index (Phi) is 6.90. The highest BCUT2D eigenvalue weighted by molar-refractivity contribution is 7.89. The number of nitrogens with one attached hydrogen (secondary N) is 1. The second-order valence-corrected chi connectivity index (χ2v) is 7.72. The van der Waals surface area contributed by atoms with E-state index in [-0.39, 0.29) is 30.1 Å². The van der Waals surface area contributed by atoms with Crippen molar-refractivity contribution >= 4 is 28.3 Å². The fourth-order valence-corrected chi connectivity index (χ4v) is 4.82. The highest BCUT2D eigenvalue weighted by Crippen LogP contribution is 2.24. The van der Waals surface area contributed by atoms with Crippen LogP contribution in [0.2, 0.25) is 0 Å². The maximum absolute atomic E-state index is 12.6. The van der Waals surface area contributed by atoms with Crippen LogP contribution in [0.3, 0.4) is 0 Å². The van der Waals surface area contributed by atoms with Crippen molar-refractivity contribution < 1.29 is 13.2 Å². The van der Waals surface area contributed by atoms with Gasteiger partial charge in [-0.2, -0.15) is 4.31 Å². The molecule has 0 spiro atoms. The van der Waals surface area contributed by atoms with Crippen molar-refractivity contribution in [3.8, 4) is 0 Å². The normalized spacial score (nSPS) is 26.6. The first-order chi connectivity index (χ1) is 9.47. The van der Waals surface area contributed by atoms with Crippen molar-refractivity contribution in [2.75, 3.05) is 32.4 Å². The van der Waals surface area contributed by atoms with Gasteiger partial charge in [0, 0.05) is 26.2 Å².